The van der Waals surface area contributed by atoms with Gasteiger partial charge in [0.05, 0.1) is 19.3 Å². The lowest BCUT2D eigenvalue weighted by Gasteiger charge is -2.10. The van der Waals surface area contributed by atoms with Crippen molar-refractivity contribution < 1.29 is 4.74 Å². The molecule has 0 unspecified atom stereocenters. The molecule has 31 heavy (non-hydrogen) atoms. The summed E-state index contributed by atoms with van der Waals surface area (Å²) in [5.41, 5.74) is 17.1. The molecule has 0 saturated heterocycles. The Morgan fingerprint density at radius 3 is 2.26 bits per heavy atom. The molecule has 2 aromatic carbocycles. The van der Waals surface area contributed by atoms with Crippen molar-refractivity contribution in [2.75, 3.05) is 7.11 Å². The molecule has 0 aliphatic carbocycles. The second-order valence-electron chi connectivity index (χ2n) is 6.57. The standard InChI is InChI=1S/C23H26N4O.3ClH/c1-28-22-14-18(15-24)8-10-19(22)9-5-17-6-11-20(12-7-17)23(25)27-16-21-4-2-3-13-26-21;;;/h2-4,6-8,10-14H,5,9,15-16,24H2,1H3,(H2,25,27);3*1H. The first-order valence-corrected chi connectivity index (χ1v) is 9.34. The van der Waals surface area contributed by atoms with Crippen LogP contribution in [0, 0.1) is 0 Å². The zero-order valence-corrected chi connectivity index (χ0v) is 19.8. The molecule has 8 heteroatoms. The summed E-state index contributed by atoms with van der Waals surface area (Å²) >= 11 is 0. The maximum absolute atomic E-state index is 6.12. The number of aromatic nitrogens is 1. The van der Waals surface area contributed by atoms with Gasteiger partial charge in [-0.05, 0) is 47.7 Å². The maximum atomic E-state index is 6.12. The summed E-state index contributed by atoms with van der Waals surface area (Å²) in [7, 11) is 1.70. The number of pyridine rings is 1. The third-order valence-corrected chi connectivity index (χ3v) is 4.66. The molecule has 0 saturated carbocycles. The van der Waals surface area contributed by atoms with Crippen molar-refractivity contribution in [3.8, 4) is 5.75 Å². The summed E-state index contributed by atoms with van der Waals surface area (Å²) in [6.07, 6.45) is 3.58. The fourth-order valence-electron chi connectivity index (χ4n) is 2.99. The maximum Gasteiger partial charge on any atom is 0.126 e. The first-order chi connectivity index (χ1) is 13.7. The van der Waals surface area contributed by atoms with E-state index in [2.05, 4.69) is 34.2 Å². The zero-order chi connectivity index (χ0) is 19.8. The number of nitrogens with zero attached hydrogens (tertiary/aromatic N) is 2. The highest BCUT2D eigenvalue weighted by atomic mass is 35.5. The lowest BCUT2D eigenvalue weighted by atomic mass is 10.0. The van der Waals surface area contributed by atoms with Crippen molar-refractivity contribution in [2.24, 2.45) is 16.5 Å². The lowest BCUT2D eigenvalue weighted by Crippen LogP contribution is -2.13. The summed E-state index contributed by atoms with van der Waals surface area (Å²) in [6.45, 7) is 0.994. The van der Waals surface area contributed by atoms with Crippen LogP contribution in [0.15, 0.2) is 71.9 Å². The molecule has 0 fully saturated rings. The van der Waals surface area contributed by atoms with E-state index in [9.17, 15) is 0 Å². The van der Waals surface area contributed by atoms with Gasteiger partial charge >= 0.3 is 0 Å². The minimum Gasteiger partial charge on any atom is -0.496 e. The molecule has 0 radical (unpaired) electrons. The van der Waals surface area contributed by atoms with Crippen LogP contribution in [-0.4, -0.2) is 17.9 Å². The highest BCUT2D eigenvalue weighted by Crippen LogP contribution is 2.22. The van der Waals surface area contributed by atoms with Crippen LogP contribution in [0.2, 0.25) is 0 Å². The van der Waals surface area contributed by atoms with Crippen LogP contribution in [-0.2, 0) is 25.9 Å². The molecule has 3 aromatic rings. The Morgan fingerprint density at radius 1 is 0.935 bits per heavy atom. The van der Waals surface area contributed by atoms with E-state index in [0.29, 0.717) is 18.9 Å². The number of benzene rings is 2. The minimum atomic E-state index is 0. The smallest absolute Gasteiger partial charge is 0.126 e. The molecule has 168 valence electrons. The highest BCUT2D eigenvalue weighted by Gasteiger charge is 2.06. The molecule has 0 aliphatic heterocycles. The van der Waals surface area contributed by atoms with E-state index < -0.39 is 0 Å². The van der Waals surface area contributed by atoms with Gasteiger partial charge in [-0.2, -0.15) is 0 Å². The fourth-order valence-corrected chi connectivity index (χ4v) is 2.99. The Morgan fingerprint density at radius 2 is 1.65 bits per heavy atom. The number of aliphatic imine (C=N–C) groups is 1. The van der Waals surface area contributed by atoms with Crippen LogP contribution in [0.25, 0.3) is 0 Å². The predicted molar refractivity (Wildman–Crippen MR) is 135 cm³/mol. The van der Waals surface area contributed by atoms with Crippen molar-refractivity contribution in [1.29, 1.82) is 0 Å². The molecule has 0 bridgehead atoms. The third kappa shape index (κ3) is 8.38. The number of aryl methyl sites for hydroxylation is 2. The quantitative estimate of drug-likeness (QED) is 0.365. The highest BCUT2D eigenvalue weighted by molar-refractivity contribution is 5.97. The number of nitrogens with two attached hydrogens (primary N) is 2. The van der Waals surface area contributed by atoms with Gasteiger partial charge in [-0.25, -0.2) is 0 Å². The molecule has 0 amide bonds. The largest absolute Gasteiger partial charge is 0.496 e. The average molecular weight is 484 g/mol. The number of rotatable bonds is 8. The van der Waals surface area contributed by atoms with Gasteiger partial charge in [0.25, 0.3) is 0 Å². The van der Waals surface area contributed by atoms with Crippen LogP contribution in [0.5, 0.6) is 5.75 Å². The van der Waals surface area contributed by atoms with E-state index in [-0.39, 0.29) is 37.2 Å². The third-order valence-electron chi connectivity index (χ3n) is 4.66. The molecule has 3 rings (SSSR count). The van der Waals surface area contributed by atoms with Gasteiger partial charge in [0.2, 0.25) is 0 Å². The SMILES string of the molecule is COc1cc(CN)ccc1CCc1ccc(C(N)=NCc2ccccn2)cc1.Cl.Cl.Cl. The van der Waals surface area contributed by atoms with E-state index in [0.717, 1.165) is 35.4 Å². The van der Waals surface area contributed by atoms with E-state index >= 15 is 0 Å². The number of halogens is 3. The van der Waals surface area contributed by atoms with Crippen LogP contribution in [0.1, 0.15) is 27.9 Å². The number of ether oxygens (including phenoxy) is 1. The summed E-state index contributed by atoms with van der Waals surface area (Å²) in [5, 5.41) is 0. The number of amidine groups is 1. The first kappa shape index (κ1) is 28.7. The van der Waals surface area contributed by atoms with Gasteiger partial charge in [-0.3, -0.25) is 9.98 Å². The summed E-state index contributed by atoms with van der Waals surface area (Å²) in [5.74, 6) is 1.42. The van der Waals surface area contributed by atoms with Crippen molar-refractivity contribution in [3.63, 3.8) is 0 Å². The van der Waals surface area contributed by atoms with Gasteiger partial charge in [0, 0.05) is 18.3 Å². The first-order valence-electron chi connectivity index (χ1n) is 9.34. The summed E-state index contributed by atoms with van der Waals surface area (Å²) in [6, 6.07) is 20.2. The summed E-state index contributed by atoms with van der Waals surface area (Å²) < 4.78 is 5.50. The number of hydrogen-bond donors (Lipinski definition) is 2. The van der Waals surface area contributed by atoms with Gasteiger partial charge < -0.3 is 16.2 Å². The minimum absolute atomic E-state index is 0. The molecule has 1 heterocycles. The molecule has 1 aromatic heterocycles. The van der Waals surface area contributed by atoms with Crippen LogP contribution < -0.4 is 16.2 Å². The van der Waals surface area contributed by atoms with E-state index in [1.54, 1.807) is 13.3 Å². The molecule has 0 aliphatic rings. The average Bonchev–Trinajstić information content (AvgIpc) is 2.77. The molecule has 5 nitrogen and oxygen atoms in total. The lowest BCUT2D eigenvalue weighted by molar-refractivity contribution is 0.409. The van der Waals surface area contributed by atoms with Gasteiger partial charge in [-0.1, -0.05) is 42.5 Å². The van der Waals surface area contributed by atoms with Gasteiger partial charge in [-0.15, -0.1) is 37.2 Å². The van der Waals surface area contributed by atoms with Crippen LogP contribution in [0.3, 0.4) is 0 Å². The number of hydrogen-bond acceptors (Lipinski definition) is 4. The zero-order valence-electron chi connectivity index (χ0n) is 17.4. The Labute approximate surface area is 202 Å². The van der Waals surface area contributed by atoms with E-state index in [1.807, 2.05) is 36.4 Å². The molecular weight excluding hydrogens is 455 g/mol. The fraction of sp³-hybridized carbons (Fsp3) is 0.217. The van der Waals surface area contributed by atoms with Crippen molar-refractivity contribution in [2.45, 2.75) is 25.9 Å². The predicted octanol–water partition coefficient (Wildman–Crippen LogP) is 4.51. The molecular formula is C23H29Cl3N4O. The molecule has 4 N–H and O–H groups in total. The van der Waals surface area contributed by atoms with Crippen molar-refractivity contribution >= 4 is 43.1 Å². The van der Waals surface area contributed by atoms with Crippen molar-refractivity contribution in [1.82, 2.24) is 4.98 Å². The van der Waals surface area contributed by atoms with E-state index in [1.165, 1.54) is 11.1 Å². The molecule has 0 spiro atoms. The second-order valence-corrected chi connectivity index (χ2v) is 6.57. The normalized spacial score (nSPS) is 10.3. The van der Waals surface area contributed by atoms with Crippen molar-refractivity contribution in [3.05, 3.63) is 94.8 Å². The van der Waals surface area contributed by atoms with Crippen LogP contribution >= 0.6 is 37.2 Å². The molecule has 0 atom stereocenters. The Bertz CT molecular complexity index is 935. The second kappa shape index (κ2) is 14.7. The topological polar surface area (TPSA) is 86.5 Å². The Balaban J connectivity index is 0.00000300. The van der Waals surface area contributed by atoms with Gasteiger partial charge in [0.1, 0.15) is 11.6 Å². The monoisotopic (exact) mass is 482 g/mol. The Kier molecular flexibility index (Phi) is 13.6. The van der Waals surface area contributed by atoms with Crippen LogP contribution in [0.4, 0.5) is 0 Å². The number of methoxy groups -OCH3 is 1. The van der Waals surface area contributed by atoms with Gasteiger partial charge in [0.15, 0.2) is 0 Å². The van der Waals surface area contributed by atoms with E-state index in [4.69, 9.17) is 16.2 Å². The summed E-state index contributed by atoms with van der Waals surface area (Å²) in [4.78, 5) is 8.69. The Hall–Kier alpha value is -2.31.